The maximum absolute atomic E-state index is 12.6. The first-order chi connectivity index (χ1) is 9.36. The minimum atomic E-state index is -1.10. The molecule has 6 nitrogen and oxygen atoms in total. The first-order valence-electron chi connectivity index (χ1n) is 7.34. The fourth-order valence-corrected chi connectivity index (χ4v) is 3.13. The lowest BCUT2D eigenvalue weighted by Crippen LogP contribution is -2.62. The lowest BCUT2D eigenvalue weighted by atomic mass is 9.88. The van der Waals surface area contributed by atoms with E-state index in [4.69, 9.17) is 0 Å². The van der Waals surface area contributed by atoms with Gasteiger partial charge in [-0.25, -0.2) is 9.59 Å². The number of hydrogen-bond donors (Lipinski definition) is 2. The Hall–Kier alpha value is -1.30. The van der Waals surface area contributed by atoms with Gasteiger partial charge in [-0.05, 0) is 38.5 Å². The molecule has 20 heavy (non-hydrogen) atoms. The Morgan fingerprint density at radius 1 is 1.25 bits per heavy atom. The number of hydrogen-bond acceptors (Lipinski definition) is 3. The number of aliphatic hydroxyl groups excluding tert-OH is 1. The number of urea groups is 1. The summed E-state index contributed by atoms with van der Waals surface area (Å²) in [6, 6.07) is -0.201. The molecular weight excluding hydrogens is 260 g/mol. The molecular formula is C14H24N2O4. The molecule has 0 spiro atoms. The molecule has 2 N–H and O–H groups in total. The highest BCUT2D eigenvalue weighted by atomic mass is 16.4. The van der Waals surface area contributed by atoms with Crippen LogP contribution in [0.2, 0.25) is 0 Å². The van der Waals surface area contributed by atoms with E-state index in [0.29, 0.717) is 32.5 Å². The number of amides is 2. The summed E-state index contributed by atoms with van der Waals surface area (Å²) in [5.74, 6) is -0.899. The van der Waals surface area contributed by atoms with Gasteiger partial charge < -0.3 is 20.0 Å². The van der Waals surface area contributed by atoms with Crippen LogP contribution in [-0.4, -0.2) is 63.3 Å². The van der Waals surface area contributed by atoms with Crippen molar-refractivity contribution in [2.45, 2.75) is 51.2 Å². The third kappa shape index (κ3) is 2.61. The van der Waals surface area contributed by atoms with Gasteiger partial charge in [0.1, 0.15) is 5.54 Å². The fourth-order valence-electron chi connectivity index (χ4n) is 3.13. The predicted octanol–water partition coefficient (Wildman–Crippen LogP) is 1.14. The predicted molar refractivity (Wildman–Crippen MR) is 73.4 cm³/mol. The summed E-state index contributed by atoms with van der Waals surface area (Å²) >= 11 is 0. The van der Waals surface area contributed by atoms with E-state index in [2.05, 4.69) is 0 Å². The Morgan fingerprint density at radius 2 is 1.95 bits per heavy atom. The second-order valence-electron chi connectivity index (χ2n) is 6.25. The largest absolute Gasteiger partial charge is 0.480 e. The number of aliphatic hydroxyl groups is 1. The minimum absolute atomic E-state index is 0.0357. The van der Waals surface area contributed by atoms with Crippen LogP contribution < -0.4 is 0 Å². The summed E-state index contributed by atoms with van der Waals surface area (Å²) in [6.45, 7) is 5.03. The normalized spacial score (nSPS) is 35.0. The summed E-state index contributed by atoms with van der Waals surface area (Å²) < 4.78 is 0. The van der Waals surface area contributed by atoms with Crippen LogP contribution in [0.1, 0.15) is 39.5 Å². The number of aliphatic carboxylic acids is 1. The first kappa shape index (κ1) is 15.1. The molecule has 2 amide bonds. The molecule has 3 atom stereocenters. The van der Waals surface area contributed by atoms with Gasteiger partial charge in [0, 0.05) is 19.6 Å². The van der Waals surface area contributed by atoms with E-state index in [9.17, 15) is 19.8 Å². The molecule has 2 fully saturated rings. The van der Waals surface area contributed by atoms with E-state index >= 15 is 0 Å². The SMILES string of the molecule is CC1CN(C(=O)N2CCCCC2(C)C(=O)O)CCC1O. The zero-order valence-corrected chi connectivity index (χ0v) is 12.2. The quantitative estimate of drug-likeness (QED) is 0.756. The molecule has 2 aliphatic heterocycles. The molecule has 2 rings (SSSR count). The summed E-state index contributed by atoms with van der Waals surface area (Å²) in [5.41, 5.74) is -1.10. The molecule has 6 heteroatoms. The van der Waals surface area contributed by atoms with Gasteiger partial charge in [0.15, 0.2) is 0 Å². The maximum Gasteiger partial charge on any atom is 0.329 e. The number of carboxylic acid groups (broad SMARTS) is 1. The molecule has 0 saturated carbocycles. The van der Waals surface area contributed by atoms with Crippen molar-refractivity contribution in [2.24, 2.45) is 5.92 Å². The first-order valence-corrected chi connectivity index (χ1v) is 7.34. The van der Waals surface area contributed by atoms with Crippen molar-refractivity contribution < 1.29 is 19.8 Å². The molecule has 0 aromatic rings. The average molecular weight is 284 g/mol. The number of carbonyl (C=O) groups excluding carboxylic acids is 1. The van der Waals surface area contributed by atoms with Crippen LogP contribution in [0.3, 0.4) is 0 Å². The Bertz CT molecular complexity index is 401. The maximum atomic E-state index is 12.6. The van der Waals surface area contributed by atoms with Crippen molar-refractivity contribution in [3.63, 3.8) is 0 Å². The molecule has 3 unspecified atom stereocenters. The van der Waals surface area contributed by atoms with Gasteiger partial charge in [-0.1, -0.05) is 6.92 Å². The van der Waals surface area contributed by atoms with E-state index in [-0.39, 0.29) is 18.1 Å². The Balaban J connectivity index is 2.12. The molecule has 0 bridgehead atoms. The number of carbonyl (C=O) groups is 2. The zero-order valence-electron chi connectivity index (χ0n) is 12.2. The van der Waals surface area contributed by atoms with Crippen molar-refractivity contribution in [3.8, 4) is 0 Å². The monoisotopic (exact) mass is 284 g/mol. The summed E-state index contributed by atoms with van der Waals surface area (Å²) in [4.78, 5) is 27.4. The van der Waals surface area contributed by atoms with E-state index < -0.39 is 11.5 Å². The summed E-state index contributed by atoms with van der Waals surface area (Å²) in [5, 5.41) is 19.2. The molecule has 0 aromatic carbocycles. The van der Waals surface area contributed by atoms with E-state index in [1.54, 1.807) is 11.8 Å². The third-order valence-electron chi connectivity index (χ3n) is 4.71. The highest BCUT2D eigenvalue weighted by molar-refractivity contribution is 5.86. The van der Waals surface area contributed by atoms with Crippen LogP contribution in [0, 0.1) is 5.92 Å². The lowest BCUT2D eigenvalue weighted by molar-refractivity contribution is -0.151. The molecule has 0 aromatic heterocycles. The van der Waals surface area contributed by atoms with Gasteiger partial charge in [0.05, 0.1) is 6.10 Å². The van der Waals surface area contributed by atoms with Crippen molar-refractivity contribution >= 4 is 12.0 Å². The van der Waals surface area contributed by atoms with Crippen LogP contribution in [0.15, 0.2) is 0 Å². The Labute approximate surface area is 119 Å². The van der Waals surface area contributed by atoms with Crippen molar-refractivity contribution in [3.05, 3.63) is 0 Å². The lowest BCUT2D eigenvalue weighted by Gasteiger charge is -2.45. The zero-order chi connectivity index (χ0) is 14.9. The van der Waals surface area contributed by atoms with E-state index in [0.717, 1.165) is 12.8 Å². The van der Waals surface area contributed by atoms with Crippen molar-refractivity contribution in [1.82, 2.24) is 9.80 Å². The Morgan fingerprint density at radius 3 is 2.55 bits per heavy atom. The topological polar surface area (TPSA) is 81.1 Å². The molecule has 2 saturated heterocycles. The van der Waals surface area contributed by atoms with Crippen LogP contribution >= 0.6 is 0 Å². The Kier molecular flexibility index (Phi) is 4.22. The number of likely N-dealkylation sites (tertiary alicyclic amines) is 2. The van der Waals surface area contributed by atoms with Crippen LogP contribution in [0.25, 0.3) is 0 Å². The van der Waals surface area contributed by atoms with E-state index in [1.807, 2.05) is 6.92 Å². The van der Waals surface area contributed by atoms with Gasteiger partial charge in [-0.15, -0.1) is 0 Å². The molecule has 2 heterocycles. The van der Waals surface area contributed by atoms with Crippen molar-refractivity contribution in [2.75, 3.05) is 19.6 Å². The van der Waals surface area contributed by atoms with E-state index in [1.165, 1.54) is 4.90 Å². The second-order valence-corrected chi connectivity index (χ2v) is 6.25. The molecule has 0 aliphatic carbocycles. The van der Waals surface area contributed by atoms with Crippen molar-refractivity contribution in [1.29, 1.82) is 0 Å². The van der Waals surface area contributed by atoms with Gasteiger partial charge in [-0.3, -0.25) is 0 Å². The molecule has 0 radical (unpaired) electrons. The summed E-state index contributed by atoms with van der Waals surface area (Å²) in [6.07, 6.45) is 2.37. The molecule has 2 aliphatic rings. The smallest absolute Gasteiger partial charge is 0.329 e. The van der Waals surface area contributed by atoms with Gasteiger partial charge >= 0.3 is 12.0 Å². The van der Waals surface area contributed by atoms with Gasteiger partial charge in [-0.2, -0.15) is 0 Å². The van der Waals surface area contributed by atoms with Crippen LogP contribution in [0.5, 0.6) is 0 Å². The average Bonchev–Trinajstić information content (AvgIpc) is 2.41. The highest BCUT2D eigenvalue weighted by Crippen LogP contribution is 2.30. The second kappa shape index (κ2) is 5.60. The highest BCUT2D eigenvalue weighted by Gasteiger charge is 2.45. The number of carboxylic acids is 1. The summed E-state index contributed by atoms with van der Waals surface area (Å²) in [7, 11) is 0. The minimum Gasteiger partial charge on any atom is -0.480 e. The van der Waals surface area contributed by atoms with Gasteiger partial charge in [0.25, 0.3) is 0 Å². The number of rotatable bonds is 1. The van der Waals surface area contributed by atoms with Crippen LogP contribution in [0.4, 0.5) is 4.79 Å². The fraction of sp³-hybridized carbons (Fsp3) is 0.857. The number of nitrogens with zero attached hydrogens (tertiary/aromatic N) is 2. The third-order valence-corrected chi connectivity index (χ3v) is 4.71. The number of piperidine rings is 2. The standard InChI is InChI=1S/C14H24N2O4/c1-10-9-15(8-5-11(10)17)13(20)16-7-4-3-6-14(16,2)12(18)19/h10-11,17H,3-9H2,1-2H3,(H,18,19). The van der Waals surface area contributed by atoms with Crippen LogP contribution in [-0.2, 0) is 4.79 Å². The molecule has 114 valence electrons. The van der Waals surface area contributed by atoms with Gasteiger partial charge in [0.2, 0.25) is 0 Å².